The molecule has 0 saturated carbocycles. The van der Waals surface area contributed by atoms with E-state index < -0.39 is 28.6 Å². The molecule has 37 heavy (non-hydrogen) atoms. The molecule has 0 spiro atoms. The van der Waals surface area contributed by atoms with Gasteiger partial charge in [0, 0.05) is 11.1 Å². The summed E-state index contributed by atoms with van der Waals surface area (Å²) in [4.78, 5) is 10.9. The number of phenols is 1. The van der Waals surface area contributed by atoms with Crippen LogP contribution in [0.15, 0.2) is 69.9 Å². The SMILES string of the molecule is Cc1ccc(-n2c(O)c(N=Nc3ccc(/C=C(\Cl)C(=O)O)cc3O)c3ccc(C(F)(F)F)cc32)cc1C. The van der Waals surface area contributed by atoms with Gasteiger partial charge < -0.3 is 15.3 Å². The predicted molar refractivity (Wildman–Crippen MR) is 133 cm³/mol. The van der Waals surface area contributed by atoms with E-state index in [1.54, 1.807) is 18.2 Å². The predicted octanol–water partition coefficient (Wildman–Crippen LogP) is 7.76. The molecular formula is C26H19ClF3N3O4. The highest BCUT2D eigenvalue weighted by molar-refractivity contribution is 6.43. The van der Waals surface area contributed by atoms with E-state index in [9.17, 15) is 28.2 Å². The number of azo groups is 1. The van der Waals surface area contributed by atoms with Crippen LogP contribution < -0.4 is 0 Å². The molecule has 0 bridgehead atoms. The molecule has 3 aromatic carbocycles. The van der Waals surface area contributed by atoms with Crippen LogP contribution in [0.4, 0.5) is 24.5 Å². The molecule has 0 aliphatic carbocycles. The summed E-state index contributed by atoms with van der Waals surface area (Å²) < 4.78 is 41.6. The number of carbonyl (C=O) groups is 1. The van der Waals surface area contributed by atoms with Crippen molar-refractivity contribution < 1.29 is 33.3 Å². The van der Waals surface area contributed by atoms with Gasteiger partial charge in [-0.05, 0) is 79.1 Å². The fraction of sp³-hybridized carbons (Fsp3) is 0.115. The van der Waals surface area contributed by atoms with Crippen LogP contribution in [-0.4, -0.2) is 25.9 Å². The Morgan fingerprint density at radius 2 is 1.70 bits per heavy atom. The molecule has 7 nitrogen and oxygen atoms in total. The van der Waals surface area contributed by atoms with Gasteiger partial charge in [-0.2, -0.15) is 13.2 Å². The number of aliphatic carboxylic acids is 1. The summed E-state index contributed by atoms with van der Waals surface area (Å²) in [5, 5.41) is 38.0. The van der Waals surface area contributed by atoms with E-state index in [2.05, 4.69) is 10.2 Å². The van der Waals surface area contributed by atoms with Gasteiger partial charge in [0.15, 0.2) is 5.69 Å². The molecule has 0 atom stereocenters. The summed E-state index contributed by atoms with van der Waals surface area (Å²) >= 11 is 5.60. The lowest BCUT2D eigenvalue weighted by Gasteiger charge is -2.11. The highest BCUT2D eigenvalue weighted by atomic mass is 35.5. The summed E-state index contributed by atoms with van der Waals surface area (Å²) in [5.74, 6) is -2.13. The van der Waals surface area contributed by atoms with Crippen molar-refractivity contribution in [2.24, 2.45) is 10.2 Å². The minimum absolute atomic E-state index is 0.0259. The lowest BCUT2D eigenvalue weighted by Crippen LogP contribution is -2.05. The molecule has 0 aliphatic rings. The minimum Gasteiger partial charge on any atom is -0.506 e. The highest BCUT2D eigenvalue weighted by Gasteiger charge is 2.32. The van der Waals surface area contributed by atoms with Crippen molar-refractivity contribution in [2.75, 3.05) is 0 Å². The molecule has 0 aliphatic heterocycles. The monoisotopic (exact) mass is 529 g/mol. The number of aromatic nitrogens is 1. The number of benzene rings is 3. The van der Waals surface area contributed by atoms with Crippen LogP contribution in [0.2, 0.25) is 0 Å². The summed E-state index contributed by atoms with van der Waals surface area (Å²) in [6.45, 7) is 3.73. The molecule has 1 heterocycles. The molecule has 0 fully saturated rings. The number of alkyl halides is 3. The minimum atomic E-state index is -4.60. The third-order valence-corrected chi connectivity index (χ3v) is 6.02. The first kappa shape index (κ1) is 25.8. The Hall–Kier alpha value is -4.31. The van der Waals surface area contributed by atoms with Crippen molar-refractivity contribution >= 4 is 45.9 Å². The van der Waals surface area contributed by atoms with E-state index in [4.69, 9.17) is 16.7 Å². The zero-order valence-corrected chi connectivity index (χ0v) is 20.1. The van der Waals surface area contributed by atoms with Crippen molar-refractivity contribution in [2.45, 2.75) is 20.0 Å². The van der Waals surface area contributed by atoms with Crippen molar-refractivity contribution in [1.82, 2.24) is 4.57 Å². The van der Waals surface area contributed by atoms with E-state index in [0.717, 1.165) is 29.3 Å². The fourth-order valence-electron chi connectivity index (χ4n) is 3.69. The van der Waals surface area contributed by atoms with E-state index >= 15 is 0 Å². The summed E-state index contributed by atoms with van der Waals surface area (Å²) in [7, 11) is 0. The third kappa shape index (κ3) is 5.14. The summed E-state index contributed by atoms with van der Waals surface area (Å²) in [6.07, 6.45) is -3.47. The third-order valence-electron chi connectivity index (χ3n) is 5.75. The molecule has 3 N–H and O–H groups in total. The van der Waals surface area contributed by atoms with Gasteiger partial charge in [0.1, 0.15) is 16.5 Å². The summed E-state index contributed by atoms with van der Waals surface area (Å²) in [5.41, 5.74) is 1.61. The normalized spacial score (nSPS) is 12.5. The van der Waals surface area contributed by atoms with E-state index in [-0.39, 0.29) is 33.6 Å². The second kappa shape index (κ2) is 9.62. The van der Waals surface area contributed by atoms with Crippen molar-refractivity contribution in [3.63, 3.8) is 0 Å². The number of hydrogen-bond donors (Lipinski definition) is 3. The van der Waals surface area contributed by atoms with Crippen LogP contribution in [0.25, 0.3) is 22.7 Å². The van der Waals surface area contributed by atoms with Crippen LogP contribution in [0.1, 0.15) is 22.3 Å². The number of carboxylic acids is 1. The Morgan fingerprint density at radius 3 is 2.32 bits per heavy atom. The van der Waals surface area contributed by atoms with Crippen LogP contribution in [0.5, 0.6) is 11.6 Å². The Labute approximate surface area is 213 Å². The highest BCUT2D eigenvalue weighted by Crippen LogP contribution is 2.44. The van der Waals surface area contributed by atoms with E-state index in [1.807, 2.05) is 13.8 Å². The number of halogens is 4. The smallest absolute Gasteiger partial charge is 0.416 e. The van der Waals surface area contributed by atoms with Gasteiger partial charge in [-0.3, -0.25) is 4.57 Å². The number of phenolic OH excluding ortho intramolecular Hbond substituents is 1. The number of rotatable bonds is 5. The van der Waals surface area contributed by atoms with Crippen molar-refractivity contribution in [3.8, 4) is 17.3 Å². The maximum Gasteiger partial charge on any atom is 0.416 e. The Morgan fingerprint density at radius 1 is 0.973 bits per heavy atom. The van der Waals surface area contributed by atoms with Gasteiger partial charge in [-0.15, -0.1) is 10.2 Å². The number of hydrogen-bond acceptors (Lipinski definition) is 5. The van der Waals surface area contributed by atoms with E-state index in [0.29, 0.717) is 5.69 Å². The van der Waals surface area contributed by atoms with Gasteiger partial charge in [-0.1, -0.05) is 23.7 Å². The lowest BCUT2D eigenvalue weighted by atomic mass is 10.1. The van der Waals surface area contributed by atoms with Gasteiger partial charge in [0.05, 0.1) is 11.1 Å². The zero-order chi connectivity index (χ0) is 27.1. The Balaban J connectivity index is 1.85. The first-order valence-corrected chi connectivity index (χ1v) is 11.1. The average molecular weight is 530 g/mol. The largest absolute Gasteiger partial charge is 0.506 e. The van der Waals surface area contributed by atoms with Gasteiger partial charge in [0.2, 0.25) is 5.88 Å². The molecule has 0 unspecified atom stereocenters. The number of nitrogens with zero attached hydrogens (tertiary/aromatic N) is 3. The Bertz CT molecular complexity index is 1610. The molecule has 0 amide bonds. The van der Waals surface area contributed by atoms with Crippen LogP contribution in [0, 0.1) is 13.8 Å². The lowest BCUT2D eigenvalue weighted by molar-refractivity contribution is -0.137. The first-order chi connectivity index (χ1) is 17.4. The molecule has 1 aromatic heterocycles. The molecule has 11 heteroatoms. The molecule has 0 saturated heterocycles. The molecule has 0 radical (unpaired) electrons. The molecular weight excluding hydrogens is 511 g/mol. The maximum atomic E-state index is 13.5. The number of aryl methyl sites for hydroxylation is 2. The zero-order valence-electron chi connectivity index (χ0n) is 19.4. The number of carboxylic acid groups (broad SMARTS) is 1. The molecule has 4 rings (SSSR count). The molecule has 4 aromatic rings. The van der Waals surface area contributed by atoms with Crippen molar-refractivity contribution in [3.05, 3.63) is 81.9 Å². The average Bonchev–Trinajstić information content (AvgIpc) is 3.10. The van der Waals surface area contributed by atoms with Gasteiger partial charge in [-0.25, -0.2) is 4.79 Å². The maximum absolute atomic E-state index is 13.5. The quantitative estimate of drug-likeness (QED) is 0.181. The van der Waals surface area contributed by atoms with Crippen LogP contribution >= 0.6 is 11.6 Å². The second-order valence-corrected chi connectivity index (χ2v) is 8.66. The number of aromatic hydroxyl groups is 2. The first-order valence-electron chi connectivity index (χ1n) is 10.7. The molecule has 190 valence electrons. The Kier molecular flexibility index (Phi) is 6.70. The van der Waals surface area contributed by atoms with Gasteiger partial charge >= 0.3 is 12.1 Å². The standard InChI is InChI=1S/C26H19ClF3N3O4/c1-13-3-6-17(9-14(13)2)33-21-12-16(26(28,29)30)5-7-18(21)23(24(33)35)32-31-20-8-4-15(11-22(20)34)10-19(27)25(36)37/h3-12,34-35H,1-2H3,(H,36,37)/b19-10-,32-31?. The van der Waals surface area contributed by atoms with E-state index in [1.165, 1.54) is 28.8 Å². The van der Waals surface area contributed by atoms with Gasteiger partial charge in [0.25, 0.3) is 0 Å². The van der Waals surface area contributed by atoms with Crippen LogP contribution in [-0.2, 0) is 11.0 Å². The van der Waals surface area contributed by atoms with Crippen molar-refractivity contribution in [1.29, 1.82) is 0 Å². The fourth-order valence-corrected chi connectivity index (χ4v) is 3.81. The number of fused-ring (bicyclic) bond motifs is 1. The second-order valence-electron chi connectivity index (χ2n) is 8.25. The van der Waals surface area contributed by atoms with Crippen LogP contribution in [0.3, 0.4) is 0 Å². The topological polar surface area (TPSA) is 107 Å². The summed E-state index contributed by atoms with van der Waals surface area (Å²) in [6, 6.07) is 12.2.